The van der Waals surface area contributed by atoms with E-state index in [1.165, 1.54) is 4.31 Å². The zero-order valence-electron chi connectivity index (χ0n) is 18.6. The van der Waals surface area contributed by atoms with E-state index >= 15 is 0 Å². The van der Waals surface area contributed by atoms with Crippen LogP contribution in [0.2, 0.25) is 0 Å². The molecule has 0 aliphatic rings. The van der Waals surface area contributed by atoms with E-state index in [0.717, 1.165) is 28.7 Å². The van der Waals surface area contributed by atoms with E-state index in [0.29, 0.717) is 18.5 Å². The van der Waals surface area contributed by atoms with Crippen LogP contribution in [0.5, 0.6) is 5.75 Å². The minimum Gasteiger partial charge on any atom is -0.497 e. The maximum absolute atomic E-state index is 13.2. The van der Waals surface area contributed by atoms with Crippen molar-refractivity contribution in [3.63, 3.8) is 0 Å². The fraction of sp³-hybridized carbons (Fsp3) is 0.435. The summed E-state index contributed by atoms with van der Waals surface area (Å²) >= 11 is 0. The molecule has 0 bridgehead atoms. The molecule has 0 fully saturated rings. The fourth-order valence-corrected chi connectivity index (χ4v) is 4.86. The van der Waals surface area contributed by atoms with E-state index in [-0.39, 0.29) is 11.9 Å². The van der Waals surface area contributed by atoms with E-state index in [4.69, 9.17) is 4.74 Å². The summed E-state index contributed by atoms with van der Waals surface area (Å²) in [6.45, 7) is 7.62. The maximum atomic E-state index is 13.2. The summed E-state index contributed by atoms with van der Waals surface area (Å²) in [6, 6.07) is 12.0. The Labute approximate surface area is 180 Å². The zero-order valence-corrected chi connectivity index (χ0v) is 19.4. The van der Waals surface area contributed by atoms with E-state index in [2.05, 4.69) is 5.32 Å². The summed E-state index contributed by atoms with van der Waals surface area (Å²) in [6.07, 6.45) is 2.17. The van der Waals surface area contributed by atoms with Gasteiger partial charge >= 0.3 is 0 Å². The number of carbonyl (C=O) groups excluding carboxylic acids is 1. The number of anilines is 1. The van der Waals surface area contributed by atoms with Gasteiger partial charge in [0.15, 0.2) is 0 Å². The van der Waals surface area contributed by atoms with Crippen molar-refractivity contribution in [2.24, 2.45) is 0 Å². The van der Waals surface area contributed by atoms with Gasteiger partial charge in [0.1, 0.15) is 11.8 Å². The van der Waals surface area contributed by atoms with Crippen molar-refractivity contribution in [2.75, 3.05) is 17.7 Å². The standard InChI is InChI=1S/C23H32N2O4S/c1-7-21(18-9-11-20(29-5)12-10-18)24-23(26)22(8-2)25(30(6,27)28)19-14-16(3)13-17(4)15-19/h9-15,21-22H,7-8H2,1-6H3,(H,24,26)/t21-,22-/m0/s1. The van der Waals surface area contributed by atoms with Crippen LogP contribution in [0.3, 0.4) is 0 Å². The van der Waals surface area contributed by atoms with Crippen LogP contribution in [0, 0.1) is 13.8 Å². The van der Waals surface area contributed by atoms with Crippen LogP contribution >= 0.6 is 0 Å². The number of nitrogens with one attached hydrogen (secondary N) is 1. The van der Waals surface area contributed by atoms with Crippen molar-refractivity contribution in [3.8, 4) is 5.75 Å². The number of rotatable bonds is 9. The maximum Gasteiger partial charge on any atom is 0.244 e. The molecule has 2 atom stereocenters. The molecule has 2 aromatic carbocycles. The molecule has 0 spiro atoms. The number of carbonyl (C=O) groups is 1. The first-order chi connectivity index (χ1) is 14.1. The first kappa shape index (κ1) is 23.7. The zero-order chi connectivity index (χ0) is 22.5. The Morgan fingerprint density at radius 3 is 2.03 bits per heavy atom. The molecule has 0 radical (unpaired) electrons. The van der Waals surface area contributed by atoms with Gasteiger partial charge in [0, 0.05) is 0 Å². The molecule has 7 heteroatoms. The minimum absolute atomic E-state index is 0.224. The molecule has 0 saturated carbocycles. The molecule has 2 rings (SSSR count). The number of ether oxygens (including phenoxy) is 1. The molecule has 2 aromatic rings. The van der Waals surface area contributed by atoms with Gasteiger partial charge in [-0.05, 0) is 67.6 Å². The number of hydrogen-bond acceptors (Lipinski definition) is 4. The Balaban J connectivity index is 2.36. The van der Waals surface area contributed by atoms with Gasteiger partial charge in [-0.3, -0.25) is 9.10 Å². The Morgan fingerprint density at radius 2 is 1.60 bits per heavy atom. The Morgan fingerprint density at radius 1 is 1.03 bits per heavy atom. The molecule has 6 nitrogen and oxygen atoms in total. The van der Waals surface area contributed by atoms with Crippen LogP contribution in [-0.4, -0.2) is 33.7 Å². The highest BCUT2D eigenvalue weighted by Crippen LogP contribution is 2.26. The number of sulfonamides is 1. The van der Waals surface area contributed by atoms with Gasteiger partial charge in [-0.2, -0.15) is 0 Å². The molecule has 0 unspecified atom stereocenters. The van der Waals surface area contributed by atoms with Crippen molar-refractivity contribution < 1.29 is 17.9 Å². The number of nitrogens with zero attached hydrogens (tertiary/aromatic N) is 1. The van der Waals surface area contributed by atoms with Gasteiger partial charge in [0.25, 0.3) is 0 Å². The lowest BCUT2D eigenvalue weighted by Crippen LogP contribution is -2.50. The van der Waals surface area contributed by atoms with Gasteiger partial charge in [-0.1, -0.05) is 32.0 Å². The Kier molecular flexibility index (Phi) is 7.89. The second kappa shape index (κ2) is 9.98. The van der Waals surface area contributed by atoms with Crippen LogP contribution in [-0.2, 0) is 14.8 Å². The highest BCUT2D eigenvalue weighted by molar-refractivity contribution is 7.92. The van der Waals surface area contributed by atoms with Gasteiger partial charge in [-0.25, -0.2) is 8.42 Å². The molecular formula is C23H32N2O4S. The summed E-state index contributed by atoms with van der Waals surface area (Å²) in [7, 11) is -2.06. The minimum atomic E-state index is -3.67. The summed E-state index contributed by atoms with van der Waals surface area (Å²) in [5, 5.41) is 3.04. The van der Waals surface area contributed by atoms with Crippen LogP contribution in [0.15, 0.2) is 42.5 Å². The summed E-state index contributed by atoms with van der Waals surface area (Å²) < 4.78 is 31.8. The molecular weight excluding hydrogens is 400 g/mol. The largest absolute Gasteiger partial charge is 0.497 e. The normalized spacial score (nSPS) is 13.4. The monoisotopic (exact) mass is 432 g/mol. The van der Waals surface area contributed by atoms with Gasteiger partial charge < -0.3 is 10.1 Å². The molecule has 30 heavy (non-hydrogen) atoms. The van der Waals surface area contributed by atoms with E-state index in [1.807, 2.05) is 58.0 Å². The average molecular weight is 433 g/mol. The number of amides is 1. The summed E-state index contributed by atoms with van der Waals surface area (Å²) in [4.78, 5) is 13.2. The van der Waals surface area contributed by atoms with Gasteiger partial charge in [0.05, 0.1) is 25.1 Å². The first-order valence-electron chi connectivity index (χ1n) is 10.1. The molecule has 0 aliphatic carbocycles. The Bertz CT molecular complexity index is 951. The average Bonchev–Trinajstić information content (AvgIpc) is 2.68. The number of methoxy groups -OCH3 is 1. The van der Waals surface area contributed by atoms with Gasteiger partial charge in [-0.15, -0.1) is 0 Å². The predicted octanol–water partition coefficient (Wildman–Crippen LogP) is 4.12. The van der Waals surface area contributed by atoms with Crippen LogP contribution < -0.4 is 14.4 Å². The smallest absolute Gasteiger partial charge is 0.244 e. The van der Waals surface area contributed by atoms with Crippen molar-refractivity contribution in [3.05, 3.63) is 59.2 Å². The second-order valence-electron chi connectivity index (χ2n) is 7.57. The lowest BCUT2D eigenvalue weighted by atomic mass is 10.0. The highest BCUT2D eigenvalue weighted by atomic mass is 32.2. The summed E-state index contributed by atoms with van der Waals surface area (Å²) in [5.41, 5.74) is 3.34. The first-order valence-corrected chi connectivity index (χ1v) is 12.0. The third kappa shape index (κ3) is 5.75. The topological polar surface area (TPSA) is 75.7 Å². The van der Waals surface area contributed by atoms with E-state index in [9.17, 15) is 13.2 Å². The molecule has 0 heterocycles. The molecule has 0 aromatic heterocycles. The SMILES string of the molecule is CC[C@H](NC(=O)[C@H](CC)N(c1cc(C)cc(C)c1)S(C)(=O)=O)c1ccc(OC)cc1. The number of aryl methyl sites for hydroxylation is 2. The molecule has 0 aliphatic heterocycles. The van der Waals surface area contributed by atoms with Crippen LogP contribution in [0.25, 0.3) is 0 Å². The van der Waals surface area contributed by atoms with E-state index in [1.54, 1.807) is 19.2 Å². The molecule has 0 saturated heterocycles. The number of benzene rings is 2. The van der Waals surface area contributed by atoms with Crippen molar-refractivity contribution in [1.29, 1.82) is 0 Å². The predicted molar refractivity (Wildman–Crippen MR) is 121 cm³/mol. The third-order valence-corrected chi connectivity index (χ3v) is 6.21. The lowest BCUT2D eigenvalue weighted by molar-refractivity contribution is -0.123. The van der Waals surface area contributed by atoms with Crippen molar-refractivity contribution in [1.82, 2.24) is 5.32 Å². The molecule has 164 valence electrons. The Hall–Kier alpha value is -2.54. The second-order valence-corrected chi connectivity index (χ2v) is 9.43. The highest BCUT2D eigenvalue weighted by Gasteiger charge is 2.32. The van der Waals surface area contributed by atoms with E-state index < -0.39 is 16.1 Å². The van der Waals surface area contributed by atoms with Crippen molar-refractivity contribution in [2.45, 2.75) is 52.6 Å². The fourth-order valence-electron chi connectivity index (χ4n) is 3.66. The third-order valence-electron chi connectivity index (χ3n) is 5.03. The quantitative estimate of drug-likeness (QED) is 0.647. The molecule has 1 amide bonds. The molecule has 1 N–H and O–H groups in total. The lowest BCUT2D eigenvalue weighted by Gasteiger charge is -2.32. The van der Waals surface area contributed by atoms with Crippen LogP contribution in [0.4, 0.5) is 5.69 Å². The van der Waals surface area contributed by atoms with Gasteiger partial charge in [0.2, 0.25) is 15.9 Å². The summed E-state index contributed by atoms with van der Waals surface area (Å²) in [5.74, 6) is 0.425. The number of hydrogen-bond donors (Lipinski definition) is 1. The van der Waals surface area contributed by atoms with Crippen molar-refractivity contribution >= 4 is 21.6 Å². The van der Waals surface area contributed by atoms with Crippen LogP contribution in [0.1, 0.15) is 49.4 Å².